The quantitative estimate of drug-likeness (QED) is 0.672. The Morgan fingerprint density at radius 3 is 2.43 bits per heavy atom. The van der Waals surface area contributed by atoms with Crippen molar-refractivity contribution in [2.75, 3.05) is 13.1 Å². The number of hydrogen-bond donors (Lipinski definition) is 0. The average molecular weight is 314 g/mol. The van der Waals surface area contributed by atoms with Crippen molar-refractivity contribution >= 4 is 16.8 Å². The van der Waals surface area contributed by atoms with Crippen molar-refractivity contribution in [2.45, 2.75) is 59.9 Å². The van der Waals surface area contributed by atoms with Crippen LogP contribution in [0.15, 0.2) is 24.3 Å². The molecular weight excluding hydrogens is 284 g/mol. The Hall–Kier alpha value is -1.77. The van der Waals surface area contributed by atoms with Crippen molar-refractivity contribution in [3.63, 3.8) is 0 Å². The molecule has 126 valence electrons. The summed E-state index contributed by atoms with van der Waals surface area (Å²) in [4.78, 5) is 15.2. The van der Waals surface area contributed by atoms with Crippen LogP contribution in [0.25, 0.3) is 10.9 Å². The number of aryl methyl sites for hydroxylation is 2. The summed E-state index contributed by atoms with van der Waals surface area (Å²) in [6, 6.07) is 8.39. The van der Waals surface area contributed by atoms with Crippen LogP contribution < -0.4 is 0 Å². The van der Waals surface area contributed by atoms with Gasteiger partial charge < -0.3 is 9.47 Å². The molecule has 1 aromatic heterocycles. The van der Waals surface area contributed by atoms with Gasteiger partial charge in [-0.05, 0) is 38.3 Å². The van der Waals surface area contributed by atoms with E-state index in [1.54, 1.807) is 0 Å². The smallest absolute Gasteiger partial charge is 0.270 e. The highest BCUT2D eigenvalue weighted by molar-refractivity contribution is 6.01. The fourth-order valence-corrected chi connectivity index (χ4v) is 3.20. The van der Waals surface area contributed by atoms with Crippen LogP contribution in [-0.2, 0) is 6.54 Å². The van der Waals surface area contributed by atoms with Crippen LogP contribution in [0.3, 0.4) is 0 Å². The third-order valence-corrected chi connectivity index (χ3v) is 4.61. The molecule has 3 heteroatoms. The lowest BCUT2D eigenvalue weighted by atomic mass is 10.1. The second-order valence-corrected chi connectivity index (χ2v) is 6.23. The largest absolute Gasteiger partial charge is 0.338 e. The van der Waals surface area contributed by atoms with Gasteiger partial charge in [-0.3, -0.25) is 4.79 Å². The van der Waals surface area contributed by atoms with E-state index in [0.29, 0.717) is 0 Å². The molecule has 0 saturated heterocycles. The highest BCUT2D eigenvalue weighted by Gasteiger charge is 2.23. The molecule has 0 N–H and O–H groups in total. The van der Waals surface area contributed by atoms with Gasteiger partial charge in [0.25, 0.3) is 5.91 Å². The molecule has 1 heterocycles. The first-order chi connectivity index (χ1) is 11.2. The van der Waals surface area contributed by atoms with E-state index in [1.807, 2.05) is 4.90 Å². The highest BCUT2D eigenvalue weighted by Crippen LogP contribution is 2.27. The van der Waals surface area contributed by atoms with Gasteiger partial charge in [0.1, 0.15) is 5.69 Å². The second-order valence-electron chi connectivity index (χ2n) is 6.23. The number of amides is 1. The van der Waals surface area contributed by atoms with E-state index in [0.717, 1.165) is 56.6 Å². The van der Waals surface area contributed by atoms with Gasteiger partial charge in [-0.2, -0.15) is 0 Å². The fraction of sp³-hybridized carbons (Fsp3) is 0.550. The number of carbonyl (C=O) groups is 1. The first-order valence-electron chi connectivity index (χ1n) is 9.02. The Balaban J connectivity index is 2.48. The molecular formula is C20H30N2O. The number of rotatable bonds is 8. The molecule has 0 aliphatic heterocycles. The highest BCUT2D eigenvalue weighted by atomic mass is 16.2. The predicted molar refractivity (Wildman–Crippen MR) is 98.1 cm³/mol. The maximum atomic E-state index is 13.2. The summed E-state index contributed by atoms with van der Waals surface area (Å²) in [6.07, 6.45) is 4.40. The first kappa shape index (κ1) is 17.6. The van der Waals surface area contributed by atoms with Crippen LogP contribution in [0.1, 0.15) is 62.5 Å². The summed E-state index contributed by atoms with van der Waals surface area (Å²) >= 11 is 0. The first-order valence-corrected chi connectivity index (χ1v) is 9.02. The third-order valence-electron chi connectivity index (χ3n) is 4.61. The van der Waals surface area contributed by atoms with Gasteiger partial charge >= 0.3 is 0 Å². The van der Waals surface area contributed by atoms with Crippen LogP contribution in [0.2, 0.25) is 0 Å². The van der Waals surface area contributed by atoms with Gasteiger partial charge in [-0.25, -0.2) is 0 Å². The predicted octanol–water partition coefficient (Wildman–Crippen LogP) is 5.01. The Morgan fingerprint density at radius 2 is 1.78 bits per heavy atom. The van der Waals surface area contributed by atoms with Gasteiger partial charge in [0.2, 0.25) is 0 Å². The van der Waals surface area contributed by atoms with Gasteiger partial charge in [0.15, 0.2) is 0 Å². The minimum absolute atomic E-state index is 0.186. The number of fused-ring (bicyclic) bond motifs is 1. The lowest BCUT2D eigenvalue weighted by Crippen LogP contribution is -2.33. The van der Waals surface area contributed by atoms with Crippen molar-refractivity contribution in [2.24, 2.45) is 0 Å². The monoisotopic (exact) mass is 314 g/mol. The molecule has 1 amide bonds. The second kappa shape index (κ2) is 8.19. The minimum Gasteiger partial charge on any atom is -0.338 e. The molecule has 3 nitrogen and oxygen atoms in total. The molecule has 1 aromatic carbocycles. The number of hydrogen-bond acceptors (Lipinski definition) is 1. The third kappa shape index (κ3) is 3.60. The molecule has 2 rings (SSSR count). The summed E-state index contributed by atoms with van der Waals surface area (Å²) < 4.78 is 2.24. The van der Waals surface area contributed by atoms with E-state index in [2.05, 4.69) is 56.5 Å². The standard InChI is InChI=1S/C20H30N2O/c1-5-8-14-21(7-3)20(23)19-16(4)17-12-10-11-13-18(17)22(19)15-9-6-2/h10-13H,5-9,14-15H2,1-4H3. The molecule has 0 spiro atoms. The normalized spacial score (nSPS) is 11.1. The van der Waals surface area contributed by atoms with Gasteiger partial charge in [-0.1, -0.05) is 44.9 Å². The molecule has 0 bridgehead atoms. The number of para-hydroxylation sites is 1. The van der Waals surface area contributed by atoms with Crippen molar-refractivity contribution < 1.29 is 4.79 Å². The SMILES string of the molecule is CCCCN(CC)C(=O)c1c(C)c2ccccc2n1CCCC. The maximum Gasteiger partial charge on any atom is 0.270 e. The van der Waals surface area contributed by atoms with E-state index in [4.69, 9.17) is 0 Å². The van der Waals surface area contributed by atoms with Crippen LogP contribution in [0, 0.1) is 6.92 Å². The molecule has 0 fully saturated rings. The van der Waals surface area contributed by atoms with E-state index in [9.17, 15) is 4.79 Å². The molecule has 0 unspecified atom stereocenters. The number of aromatic nitrogens is 1. The number of nitrogens with zero attached hydrogens (tertiary/aromatic N) is 2. The molecule has 0 atom stereocenters. The molecule has 0 aliphatic carbocycles. The zero-order valence-corrected chi connectivity index (χ0v) is 15.1. The van der Waals surface area contributed by atoms with E-state index >= 15 is 0 Å². The zero-order chi connectivity index (χ0) is 16.8. The Morgan fingerprint density at radius 1 is 1.09 bits per heavy atom. The molecule has 23 heavy (non-hydrogen) atoms. The van der Waals surface area contributed by atoms with E-state index in [-0.39, 0.29) is 5.91 Å². The molecule has 0 radical (unpaired) electrons. The van der Waals surface area contributed by atoms with Gasteiger partial charge in [0.05, 0.1) is 0 Å². The number of carbonyl (C=O) groups excluding carboxylic acids is 1. The fourth-order valence-electron chi connectivity index (χ4n) is 3.20. The molecule has 0 saturated carbocycles. The Kier molecular flexibility index (Phi) is 6.26. The summed E-state index contributed by atoms with van der Waals surface area (Å²) in [6.45, 7) is 11.1. The molecule has 2 aromatic rings. The van der Waals surface area contributed by atoms with Crippen LogP contribution in [0.5, 0.6) is 0 Å². The van der Waals surface area contributed by atoms with Crippen LogP contribution >= 0.6 is 0 Å². The summed E-state index contributed by atoms with van der Waals surface area (Å²) in [5.41, 5.74) is 3.20. The van der Waals surface area contributed by atoms with Crippen molar-refractivity contribution in [1.82, 2.24) is 9.47 Å². The molecule has 0 aliphatic rings. The van der Waals surface area contributed by atoms with Crippen LogP contribution in [-0.4, -0.2) is 28.5 Å². The van der Waals surface area contributed by atoms with Gasteiger partial charge in [-0.15, -0.1) is 0 Å². The van der Waals surface area contributed by atoms with E-state index in [1.165, 1.54) is 10.9 Å². The Bertz CT molecular complexity index is 657. The summed E-state index contributed by atoms with van der Waals surface area (Å²) in [7, 11) is 0. The Labute approximate surface area is 140 Å². The van der Waals surface area contributed by atoms with Crippen molar-refractivity contribution in [1.29, 1.82) is 0 Å². The lowest BCUT2D eigenvalue weighted by Gasteiger charge is -2.22. The van der Waals surface area contributed by atoms with Crippen molar-refractivity contribution in [3.05, 3.63) is 35.5 Å². The van der Waals surface area contributed by atoms with Crippen molar-refractivity contribution in [3.8, 4) is 0 Å². The number of benzene rings is 1. The average Bonchev–Trinajstić information content (AvgIpc) is 2.86. The summed E-state index contributed by atoms with van der Waals surface area (Å²) in [5, 5.41) is 1.21. The van der Waals surface area contributed by atoms with E-state index < -0.39 is 0 Å². The van der Waals surface area contributed by atoms with Crippen LogP contribution in [0.4, 0.5) is 0 Å². The number of unbranched alkanes of at least 4 members (excludes halogenated alkanes) is 2. The summed E-state index contributed by atoms with van der Waals surface area (Å²) in [5.74, 6) is 0.186. The zero-order valence-electron chi connectivity index (χ0n) is 15.1. The topological polar surface area (TPSA) is 25.2 Å². The maximum absolute atomic E-state index is 13.2. The van der Waals surface area contributed by atoms with Gasteiger partial charge in [0, 0.05) is 30.5 Å². The lowest BCUT2D eigenvalue weighted by molar-refractivity contribution is 0.0751. The minimum atomic E-state index is 0.186.